The van der Waals surface area contributed by atoms with Gasteiger partial charge in [0.05, 0.1) is 26.6 Å². The summed E-state index contributed by atoms with van der Waals surface area (Å²) >= 11 is 0. The average molecular weight is 858 g/mol. The Hall–Kier alpha value is -3.33. The van der Waals surface area contributed by atoms with Gasteiger partial charge in [-0.2, -0.15) is 8.62 Å². The number of phosphoric ester groups is 2. The zero-order valence-corrected chi connectivity index (χ0v) is 33.0. The van der Waals surface area contributed by atoms with Crippen molar-refractivity contribution in [2.24, 2.45) is 7.05 Å². The molecule has 0 radical (unpaired) electrons. The van der Waals surface area contributed by atoms with Crippen molar-refractivity contribution < 1.29 is 79.4 Å². The molecule has 4 aromatic heterocycles. The van der Waals surface area contributed by atoms with E-state index in [2.05, 4.69) is 33.5 Å². The highest BCUT2D eigenvalue weighted by Gasteiger charge is 2.51. The van der Waals surface area contributed by atoms with Crippen molar-refractivity contribution in [3.8, 4) is 0 Å². The van der Waals surface area contributed by atoms with Gasteiger partial charge >= 0.3 is 29.1 Å². The van der Waals surface area contributed by atoms with Crippen LogP contribution < -0.4 is 20.8 Å². The van der Waals surface area contributed by atoms with Crippen LogP contribution in [0.2, 0.25) is 0 Å². The summed E-state index contributed by atoms with van der Waals surface area (Å²) in [6.07, 6.45) is -5.24. The number of phosphoric acid groups is 3. The van der Waals surface area contributed by atoms with Gasteiger partial charge in [-0.15, -0.1) is 0 Å². The van der Waals surface area contributed by atoms with Gasteiger partial charge in [-0.1, -0.05) is 4.98 Å². The molecule has 6 heterocycles. The molecular weight excluding hydrogens is 817 g/mol. The number of aliphatic hydroxyl groups excluding tert-OH is 1. The monoisotopic (exact) mass is 857 g/mol. The number of rotatable bonds is 16. The number of methoxy groups -OCH3 is 3. The Morgan fingerprint density at radius 3 is 2.12 bits per heavy atom. The molecule has 5 unspecified atom stereocenters. The highest BCUT2D eigenvalue weighted by atomic mass is 31.3. The van der Waals surface area contributed by atoms with Gasteiger partial charge in [0.2, 0.25) is 11.7 Å². The van der Waals surface area contributed by atoms with Crippen LogP contribution in [0.3, 0.4) is 0 Å². The number of nitrogen functional groups attached to an aromatic ring is 1. The summed E-state index contributed by atoms with van der Waals surface area (Å²) in [6.45, 7) is -1.69. The molecule has 0 amide bonds. The predicted molar refractivity (Wildman–Crippen MR) is 185 cm³/mol. The Kier molecular flexibility index (Phi) is 12.2. The maximum absolute atomic E-state index is 12.8. The van der Waals surface area contributed by atoms with Crippen molar-refractivity contribution in [3.05, 3.63) is 29.3 Å². The Morgan fingerprint density at radius 2 is 1.54 bits per heavy atom. The van der Waals surface area contributed by atoms with E-state index in [4.69, 9.17) is 38.5 Å². The minimum Gasteiger partial charge on any atom is -0.384 e. The zero-order chi connectivity index (χ0) is 40.9. The Balaban J connectivity index is 1.08. The number of nitrogens with one attached hydrogen (secondary N) is 1. The van der Waals surface area contributed by atoms with E-state index in [9.17, 15) is 38.3 Å². The zero-order valence-electron chi connectivity index (χ0n) is 30.4. The van der Waals surface area contributed by atoms with E-state index in [0.717, 1.165) is 0 Å². The van der Waals surface area contributed by atoms with E-state index >= 15 is 0 Å². The molecule has 11 atom stereocenters. The number of hydrogen-bond acceptors (Lipinski definition) is 20. The first-order chi connectivity index (χ1) is 26.3. The number of aryl methyl sites for hydroxylation is 1. The van der Waals surface area contributed by atoms with Gasteiger partial charge in [-0.25, -0.2) is 33.2 Å². The van der Waals surface area contributed by atoms with E-state index < -0.39 is 91.3 Å². The van der Waals surface area contributed by atoms with Gasteiger partial charge in [0.1, 0.15) is 48.5 Å². The van der Waals surface area contributed by atoms with Crippen molar-refractivity contribution in [1.82, 2.24) is 34.1 Å². The van der Waals surface area contributed by atoms with Crippen LogP contribution in [-0.2, 0) is 62.1 Å². The van der Waals surface area contributed by atoms with E-state index in [-0.39, 0.29) is 34.1 Å². The second-order valence-electron chi connectivity index (χ2n) is 12.6. The van der Waals surface area contributed by atoms with Crippen molar-refractivity contribution in [1.29, 1.82) is 0 Å². The topological polar surface area (TPSA) is 343 Å². The molecule has 0 saturated carbocycles. The second-order valence-corrected chi connectivity index (χ2v) is 17.2. The fourth-order valence-corrected chi connectivity index (χ4v) is 9.85. The molecule has 0 bridgehead atoms. The lowest BCUT2D eigenvalue weighted by molar-refractivity contribution is -0.745. The first kappa shape index (κ1) is 42.3. The molecule has 2 saturated heterocycles. The van der Waals surface area contributed by atoms with Crippen LogP contribution in [0.5, 0.6) is 0 Å². The third-order valence-corrected chi connectivity index (χ3v) is 13.0. The molecule has 30 heteroatoms. The normalized spacial score (nSPS) is 28.8. The fourth-order valence-electron chi connectivity index (χ4n) is 6.33. The lowest BCUT2D eigenvalue weighted by atomic mass is 10.1. The molecule has 0 spiro atoms. The third-order valence-electron chi connectivity index (χ3n) is 8.75. The summed E-state index contributed by atoms with van der Waals surface area (Å²) in [4.78, 5) is 64.4. The largest absolute Gasteiger partial charge is 0.490 e. The van der Waals surface area contributed by atoms with Gasteiger partial charge in [0, 0.05) is 35.4 Å². The van der Waals surface area contributed by atoms with Gasteiger partial charge in [0.25, 0.3) is 11.5 Å². The number of nitrogens with two attached hydrogens (primary N) is 1. The molecular formula is C26H40N10O17P3+. The number of H-pyrrole nitrogens is 1. The first-order valence-electron chi connectivity index (χ1n) is 16.2. The molecule has 6 rings (SSSR count). The van der Waals surface area contributed by atoms with E-state index in [1.807, 2.05) is 0 Å². The maximum Gasteiger partial charge on any atom is 0.490 e. The standard InChI is InChI=1S/C26H39N10O17P3/c1-33(2)26-31-22-15(23(38)32-26)34(3)11-36(22)24-16(37)17(45-4)12(50-24)7-48-54(39,40)52-56(43,44)53-55(41,42)49-8-13-18(46-5)19(47-6)25(51-13)35-10-30-14-20(27)28-9-29-21(14)35/h9-13,16-19,24-25,37H,7-8H2,1-6H3,(H5-,27,28,29,31,32,38,39,40,41,42,43,44)/p+1/t12-,13-,16?,17+,18?,19+,24-,25-/m1/s1. The van der Waals surface area contributed by atoms with Crippen molar-refractivity contribution in [3.63, 3.8) is 0 Å². The highest BCUT2D eigenvalue weighted by Crippen LogP contribution is 2.68. The van der Waals surface area contributed by atoms with Crippen molar-refractivity contribution in [2.45, 2.75) is 49.1 Å². The lowest BCUT2D eigenvalue weighted by Gasteiger charge is -2.23. The number of nitrogens with zero attached hydrogens (tertiary/aromatic N) is 8. The molecule has 7 N–H and O–H groups in total. The minimum absolute atomic E-state index is 0.0987. The molecule has 4 aromatic rings. The SMILES string of the molecule is COC1[C@@H](COP(=O)(O)OP(=O)(O)OP(=O)(O)OC[C@H]2O[C@@H]([n+]3cn(C)c4c(=O)[nH]c(N(C)C)nc43)C(O)[C@H]2OC)O[C@@H](n2cnc3c(N)ncnc32)[C@H]1OC. The number of imidazole rings is 2. The van der Waals surface area contributed by atoms with Gasteiger partial charge in [-0.3, -0.25) is 28.0 Å². The number of fused-ring (bicyclic) bond motifs is 2. The van der Waals surface area contributed by atoms with Crippen LogP contribution in [-0.4, -0.2) is 139 Å². The second kappa shape index (κ2) is 16.1. The van der Waals surface area contributed by atoms with E-state index in [1.54, 1.807) is 26.0 Å². The number of hydrogen-bond donors (Lipinski definition) is 6. The quantitative estimate of drug-likeness (QED) is 0.0558. The third kappa shape index (κ3) is 8.44. The maximum atomic E-state index is 12.8. The van der Waals surface area contributed by atoms with Crippen LogP contribution in [0.1, 0.15) is 12.5 Å². The summed E-state index contributed by atoms with van der Waals surface area (Å²) in [5, 5.41) is 11.1. The van der Waals surface area contributed by atoms with Gasteiger partial charge < -0.3 is 54.1 Å². The Labute approximate surface area is 315 Å². The summed E-state index contributed by atoms with van der Waals surface area (Å²) in [5.74, 6) is 0.299. The molecule has 2 aliphatic rings. The fraction of sp³-hybridized carbons (Fsp3) is 0.615. The van der Waals surface area contributed by atoms with Crippen molar-refractivity contribution in [2.75, 3.05) is 59.3 Å². The first-order valence-corrected chi connectivity index (χ1v) is 20.7. The van der Waals surface area contributed by atoms with Crippen LogP contribution in [0.25, 0.3) is 22.3 Å². The minimum atomic E-state index is -5.90. The number of ether oxygens (including phenoxy) is 5. The van der Waals surface area contributed by atoms with E-state index in [0.29, 0.717) is 0 Å². The summed E-state index contributed by atoms with van der Waals surface area (Å²) in [7, 11) is -8.31. The van der Waals surface area contributed by atoms with Crippen molar-refractivity contribution >= 4 is 57.6 Å². The smallest absolute Gasteiger partial charge is 0.384 e. The molecule has 310 valence electrons. The summed E-state index contributed by atoms with van der Waals surface area (Å²) in [6, 6.07) is 0. The number of aromatic nitrogens is 8. The molecule has 2 aliphatic heterocycles. The molecule has 2 fully saturated rings. The molecule has 27 nitrogen and oxygen atoms in total. The molecule has 0 aliphatic carbocycles. The van der Waals surface area contributed by atoms with E-state index in [1.165, 1.54) is 54.0 Å². The van der Waals surface area contributed by atoms with Gasteiger partial charge in [-0.05, 0) is 0 Å². The summed E-state index contributed by atoms with van der Waals surface area (Å²) in [5.41, 5.74) is 6.19. The van der Waals surface area contributed by atoms with Crippen LogP contribution >= 0.6 is 23.5 Å². The number of aliphatic hydroxyl groups is 1. The number of anilines is 2. The number of aromatic amines is 1. The Morgan fingerprint density at radius 1 is 0.929 bits per heavy atom. The summed E-state index contributed by atoms with van der Waals surface area (Å²) < 4.78 is 89.0. The van der Waals surface area contributed by atoms with Gasteiger partial charge in [0.15, 0.2) is 24.0 Å². The predicted octanol–water partition coefficient (Wildman–Crippen LogP) is -1.39. The Bertz CT molecular complexity index is 2270. The van der Waals surface area contributed by atoms with Crippen LogP contribution in [0.4, 0.5) is 11.8 Å². The molecule has 56 heavy (non-hydrogen) atoms. The molecule has 0 aromatic carbocycles. The van der Waals surface area contributed by atoms with Crippen LogP contribution in [0, 0.1) is 0 Å². The average Bonchev–Trinajstić information content (AvgIpc) is 3.87. The van der Waals surface area contributed by atoms with Crippen LogP contribution in [0.15, 0.2) is 23.8 Å². The highest BCUT2D eigenvalue weighted by molar-refractivity contribution is 7.66. The lowest BCUT2D eigenvalue weighted by Crippen LogP contribution is -2.46.